The number of hydrogen-bond acceptors (Lipinski definition) is 4. The number of nitrogens with zero attached hydrogens (tertiary/aromatic N) is 1. The molecule has 4 nitrogen and oxygen atoms in total. The van der Waals surface area contributed by atoms with E-state index in [0.29, 0.717) is 31.0 Å². The molecule has 0 saturated heterocycles. The van der Waals surface area contributed by atoms with Gasteiger partial charge in [0.2, 0.25) is 0 Å². The molecule has 0 atom stereocenters. The molecule has 0 fully saturated rings. The van der Waals surface area contributed by atoms with Gasteiger partial charge in [0.25, 0.3) is 0 Å². The molecule has 0 aromatic rings. The summed E-state index contributed by atoms with van der Waals surface area (Å²) < 4.78 is 10.0. The molecule has 0 aromatic heterocycles. The van der Waals surface area contributed by atoms with Crippen molar-refractivity contribution < 1.29 is 14.3 Å². The molecule has 0 aromatic carbocycles. The summed E-state index contributed by atoms with van der Waals surface area (Å²) in [5.41, 5.74) is 0.359. The lowest BCUT2D eigenvalue weighted by Gasteiger charge is -2.08. The van der Waals surface area contributed by atoms with Gasteiger partial charge in [0, 0.05) is 6.42 Å². The predicted molar refractivity (Wildman–Crippen MR) is 55.8 cm³/mol. The van der Waals surface area contributed by atoms with Crippen molar-refractivity contribution in [2.75, 3.05) is 13.2 Å². The van der Waals surface area contributed by atoms with E-state index in [-0.39, 0.29) is 12.4 Å². The minimum absolute atomic E-state index is 0.00644. The van der Waals surface area contributed by atoms with E-state index >= 15 is 0 Å². The van der Waals surface area contributed by atoms with Crippen LogP contribution in [-0.4, -0.2) is 19.2 Å². The fourth-order valence-electron chi connectivity index (χ4n) is 1.13. The summed E-state index contributed by atoms with van der Waals surface area (Å²) in [4.78, 5) is 11.2. The molecule has 0 heterocycles. The summed E-state index contributed by atoms with van der Waals surface area (Å²) in [5, 5.41) is 8.88. The van der Waals surface area contributed by atoms with Crippen LogP contribution in [0.3, 0.4) is 0 Å². The number of esters is 1. The number of nitriles is 1. The monoisotopic (exact) mass is 211 g/mol. The van der Waals surface area contributed by atoms with Crippen LogP contribution in [0.25, 0.3) is 0 Å². The Morgan fingerprint density at radius 3 is 2.20 bits per heavy atom. The fourth-order valence-corrected chi connectivity index (χ4v) is 1.13. The molecule has 0 aliphatic heterocycles. The fraction of sp³-hybridized carbons (Fsp3) is 0.636. The predicted octanol–water partition coefficient (Wildman–Crippen LogP) is 2.16. The van der Waals surface area contributed by atoms with Crippen LogP contribution in [0.2, 0.25) is 0 Å². The average molecular weight is 211 g/mol. The van der Waals surface area contributed by atoms with Gasteiger partial charge in [-0.3, -0.25) is 4.79 Å². The van der Waals surface area contributed by atoms with Crippen molar-refractivity contribution in [1.82, 2.24) is 0 Å². The van der Waals surface area contributed by atoms with Gasteiger partial charge in [-0.1, -0.05) is 6.92 Å². The maximum Gasteiger partial charge on any atom is 0.311 e. The van der Waals surface area contributed by atoms with Crippen LogP contribution in [0.1, 0.15) is 33.6 Å². The summed E-state index contributed by atoms with van der Waals surface area (Å²) in [6.45, 7) is 6.28. The van der Waals surface area contributed by atoms with E-state index in [4.69, 9.17) is 14.7 Å². The highest BCUT2D eigenvalue weighted by atomic mass is 16.5. The van der Waals surface area contributed by atoms with Crippen molar-refractivity contribution in [3.63, 3.8) is 0 Å². The molecule has 15 heavy (non-hydrogen) atoms. The van der Waals surface area contributed by atoms with Crippen molar-refractivity contribution in [1.29, 1.82) is 5.26 Å². The second kappa shape index (κ2) is 7.86. The number of carbonyl (C=O) groups excluding carboxylic acids is 1. The second-order valence-corrected chi connectivity index (χ2v) is 2.78. The molecule has 0 amide bonds. The Balaban J connectivity index is 4.58. The molecule has 4 heteroatoms. The van der Waals surface area contributed by atoms with Crippen LogP contribution in [-0.2, 0) is 14.3 Å². The maximum atomic E-state index is 11.2. The molecule has 0 radical (unpaired) electrons. The number of allylic oxidation sites excluding steroid dienone is 1. The molecule has 0 unspecified atom stereocenters. The Morgan fingerprint density at radius 1 is 1.20 bits per heavy atom. The maximum absolute atomic E-state index is 11.2. The van der Waals surface area contributed by atoms with Gasteiger partial charge in [-0.15, -0.1) is 0 Å². The molecule has 0 aliphatic carbocycles. The minimum Gasteiger partial charge on any atom is -0.497 e. The third kappa shape index (κ3) is 5.06. The highest BCUT2D eigenvalue weighted by Crippen LogP contribution is 2.13. The summed E-state index contributed by atoms with van der Waals surface area (Å²) in [7, 11) is 0. The first-order valence-corrected chi connectivity index (χ1v) is 5.10. The normalized spacial score (nSPS) is 11.3. The zero-order valence-corrected chi connectivity index (χ0v) is 9.50. The van der Waals surface area contributed by atoms with Gasteiger partial charge in [-0.25, -0.2) is 0 Å². The third-order valence-electron chi connectivity index (χ3n) is 1.74. The van der Waals surface area contributed by atoms with Gasteiger partial charge >= 0.3 is 5.97 Å². The third-order valence-corrected chi connectivity index (χ3v) is 1.74. The standard InChI is InChI=1S/C11H17NO3/c1-4-10(14-5-2)9(8-12)7-11(13)15-6-3/h4-7H2,1-3H3/b10-9+. The smallest absolute Gasteiger partial charge is 0.311 e. The molecule has 84 valence electrons. The Kier molecular flexibility index (Phi) is 7.08. The number of rotatable bonds is 6. The highest BCUT2D eigenvalue weighted by molar-refractivity contribution is 5.73. The lowest BCUT2D eigenvalue weighted by atomic mass is 10.1. The first-order valence-electron chi connectivity index (χ1n) is 5.10. The van der Waals surface area contributed by atoms with Gasteiger partial charge in [0.1, 0.15) is 5.76 Å². The topological polar surface area (TPSA) is 59.3 Å². The van der Waals surface area contributed by atoms with Gasteiger partial charge < -0.3 is 9.47 Å². The Bertz CT molecular complexity index is 276. The van der Waals surface area contributed by atoms with Crippen LogP contribution in [0.5, 0.6) is 0 Å². The quantitative estimate of drug-likeness (QED) is 0.384. The Labute approximate surface area is 90.5 Å². The van der Waals surface area contributed by atoms with Crippen LogP contribution in [0.15, 0.2) is 11.3 Å². The molecule has 0 rings (SSSR count). The van der Waals surface area contributed by atoms with E-state index in [2.05, 4.69) is 0 Å². The average Bonchev–Trinajstić information content (AvgIpc) is 2.23. The molecule has 0 N–H and O–H groups in total. The number of carbonyl (C=O) groups is 1. The Hall–Kier alpha value is -1.50. The van der Waals surface area contributed by atoms with E-state index < -0.39 is 0 Å². The van der Waals surface area contributed by atoms with E-state index in [9.17, 15) is 4.79 Å². The second-order valence-electron chi connectivity index (χ2n) is 2.78. The molecular weight excluding hydrogens is 194 g/mol. The van der Waals surface area contributed by atoms with Crippen LogP contribution < -0.4 is 0 Å². The zero-order valence-electron chi connectivity index (χ0n) is 9.50. The molecule has 0 bridgehead atoms. The zero-order chi connectivity index (χ0) is 11.7. The van der Waals surface area contributed by atoms with E-state index in [1.165, 1.54) is 0 Å². The van der Waals surface area contributed by atoms with E-state index in [1.54, 1.807) is 6.92 Å². The van der Waals surface area contributed by atoms with Crippen LogP contribution in [0.4, 0.5) is 0 Å². The van der Waals surface area contributed by atoms with Crippen molar-refractivity contribution in [3.8, 4) is 6.07 Å². The minimum atomic E-state index is -0.389. The summed E-state index contributed by atoms with van der Waals surface area (Å²) >= 11 is 0. The van der Waals surface area contributed by atoms with Gasteiger partial charge in [0.05, 0.1) is 31.3 Å². The largest absolute Gasteiger partial charge is 0.497 e. The van der Waals surface area contributed by atoms with Crippen LogP contribution in [0, 0.1) is 11.3 Å². The number of hydrogen-bond donors (Lipinski definition) is 0. The highest BCUT2D eigenvalue weighted by Gasteiger charge is 2.11. The van der Waals surface area contributed by atoms with E-state index in [1.807, 2.05) is 19.9 Å². The van der Waals surface area contributed by atoms with Crippen molar-refractivity contribution >= 4 is 5.97 Å². The van der Waals surface area contributed by atoms with Gasteiger partial charge in [-0.05, 0) is 13.8 Å². The van der Waals surface area contributed by atoms with Crippen molar-refractivity contribution in [2.45, 2.75) is 33.6 Å². The van der Waals surface area contributed by atoms with Crippen molar-refractivity contribution in [2.24, 2.45) is 0 Å². The summed E-state index contributed by atoms with van der Waals surface area (Å²) in [5.74, 6) is 0.188. The van der Waals surface area contributed by atoms with Gasteiger partial charge in [-0.2, -0.15) is 5.26 Å². The lowest BCUT2D eigenvalue weighted by Crippen LogP contribution is -2.07. The molecule has 0 aliphatic rings. The molecule has 0 saturated carbocycles. The van der Waals surface area contributed by atoms with E-state index in [0.717, 1.165) is 0 Å². The summed E-state index contributed by atoms with van der Waals surface area (Å²) in [6.07, 6.45) is 0.601. The number of ether oxygens (including phenoxy) is 2. The van der Waals surface area contributed by atoms with Crippen molar-refractivity contribution in [3.05, 3.63) is 11.3 Å². The SMILES string of the molecule is CCOC(=O)C/C(C#N)=C(/CC)OCC. The first-order chi connectivity index (χ1) is 7.19. The Morgan fingerprint density at radius 2 is 1.80 bits per heavy atom. The summed E-state index contributed by atoms with van der Waals surface area (Å²) in [6, 6.07) is 1.98. The molecular formula is C11H17NO3. The first kappa shape index (κ1) is 13.5. The molecule has 0 spiro atoms. The van der Waals surface area contributed by atoms with Gasteiger partial charge in [0.15, 0.2) is 0 Å². The lowest BCUT2D eigenvalue weighted by molar-refractivity contribution is -0.142. The van der Waals surface area contributed by atoms with Crippen LogP contribution >= 0.6 is 0 Å².